The summed E-state index contributed by atoms with van der Waals surface area (Å²) in [6.45, 7) is 6.25. The molecule has 0 radical (unpaired) electrons. The maximum atomic E-state index is 13.9. The van der Waals surface area contributed by atoms with Crippen LogP contribution in [0.1, 0.15) is 30.1 Å². The summed E-state index contributed by atoms with van der Waals surface area (Å²) in [6, 6.07) is 7.23. The third kappa shape index (κ3) is 3.60. The number of hydrogen-bond donors (Lipinski definition) is 0. The van der Waals surface area contributed by atoms with E-state index in [-0.39, 0.29) is 23.5 Å². The van der Waals surface area contributed by atoms with E-state index in [4.69, 9.17) is 21.1 Å². The first kappa shape index (κ1) is 21.6. The van der Waals surface area contributed by atoms with Crippen molar-refractivity contribution in [2.45, 2.75) is 31.9 Å². The van der Waals surface area contributed by atoms with Gasteiger partial charge in [0.05, 0.1) is 18.7 Å². The Balaban J connectivity index is 1.46. The van der Waals surface area contributed by atoms with E-state index in [1.807, 2.05) is 17.0 Å². The number of likely N-dealkylation sites (tertiary alicyclic amines) is 1. The lowest BCUT2D eigenvalue weighted by molar-refractivity contribution is -0.0386. The smallest absolute Gasteiger partial charge is 0.258 e. The predicted molar refractivity (Wildman–Crippen MR) is 126 cm³/mol. The number of carbonyl (C=O) groups is 1. The van der Waals surface area contributed by atoms with Gasteiger partial charge in [-0.1, -0.05) is 30.3 Å². The molecular formula is C25H25ClN4O3. The maximum Gasteiger partial charge on any atom is 0.258 e. The van der Waals surface area contributed by atoms with Gasteiger partial charge in [-0.25, -0.2) is 15.0 Å². The molecule has 2 aliphatic carbocycles. The highest BCUT2D eigenvalue weighted by Crippen LogP contribution is 2.72. The number of ether oxygens (including phenoxy) is 2. The zero-order chi connectivity index (χ0) is 23.2. The molecule has 1 saturated heterocycles. The molecule has 170 valence electrons. The number of hydrogen-bond acceptors (Lipinski definition) is 6. The van der Waals surface area contributed by atoms with E-state index in [2.05, 4.69) is 21.5 Å². The van der Waals surface area contributed by atoms with Crippen LogP contribution in [0, 0.1) is 11.3 Å². The molecule has 2 aromatic rings. The second-order valence-electron chi connectivity index (χ2n) is 8.74. The van der Waals surface area contributed by atoms with Gasteiger partial charge in [-0.3, -0.25) is 4.79 Å². The predicted octanol–water partition coefficient (Wildman–Crippen LogP) is 4.46. The molecule has 8 heteroatoms. The minimum Gasteiger partial charge on any atom is -0.496 e. The monoisotopic (exact) mass is 464 g/mol. The zero-order valence-corrected chi connectivity index (χ0v) is 19.3. The molecule has 1 aromatic heterocycles. The second-order valence-corrected chi connectivity index (χ2v) is 9.34. The SMILES string of the molecule is C=C/C(=N\C=C(/C)Cl)OC1CC23CC2CN(C(=O)c2c(OC)cccc2-c2ncccn2)C13. The molecule has 0 bridgehead atoms. The van der Waals surface area contributed by atoms with Crippen LogP contribution in [0.15, 0.2) is 65.5 Å². The summed E-state index contributed by atoms with van der Waals surface area (Å²) in [5, 5.41) is 0.551. The van der Waals surface area contributed by atoms with Crippen LogP contribution in [0.25, 0.3) is 11.4 Å². The highest BCUT2D eigenvalue weighted by Gasteiger charge is 2.76. The summed E-state index contributed by atoms with van der Waals surface area (Å²) in [7, 11) is 1.57. The number of aliphatic imine (C=N–C) groups is 1. The first-order valence-electron chi connectivity index (χ1n) is 10.9. The number of rotatable bonds is 6. The van der Waals surface area contributed by atoms with Gasteiger partial charge < -0.3 is 14.4 Å². The largest absolute Gasteiger partial charge is 0.496 e. The molecule has 1 amide bonds. The van der Waals surface area contributed by atoms with Crippen molar-refractivity contribution in [3.8, 4) is 17.1 Å². The maximum absolute atomic E-state index is 13.9. The fraction of sp³-hybridized carbons (Fsp3) is 0.360. The van der Waals surface area contributed by atoms with Gasteiger partial charge in [-0.15, -0.1) is 0 Å². The van der Waals surface area contributed by atoms with Gasteiger partial charge >= 0.3 is 0 Å². The van der Waals surface area contributed by atoms with Crippen molar-refractivity contribution >= 4 is 23.4 Å². The first-order chi connectivity index (χ1) is 16.0. The number of benzene rings is 1. The van der Waals surface area contributed by atoms with Crippen molar-refractivity contribution in [3.05, 3.63) is 66.1 Å². The Kier molecular flexibility index (Phi) is 5.44. The van der Waals surface area contributed by atoms with Gasteiger partial charge in [0.2, 0.25) is 5.90 Å². The lowest BCUT2D eigenvalue weighted by atomic mass is 9.73. The van der Waals surface area contributed by atoms with E-state index >= 15 is 0 Å². The molecule has 1 aliphatic heterocycles. The quantitative estimate of drug-likeness (QED) is 0.466. The molecule has 5 rings (SSSR count). The first-order valence-corrected chi connectivity index (χ1v) is 11.3. The molecule has 7 nitrogen and oxygen atoms in total. The standard InChI is InChI=1S/C25H25ClN4O3/c1-4-20(29-13-15(2)26)33-19-12-25-11-16(25)14-30(22(19)25)24(31)21-17(7-5-8-18(21)32-3)23-27-9-6-10-28-23/h4-10,13,16,19,22H,1,11-12,14H2,2-3H3/b15-13+,29-20+. The van der Waals surface area contributed by atoms with E-state index in [0.29, 0.717) is 46.1 Å². The highest BCUT2D eigenvalue weighted by atomic mass is 35.5. The van der Waals surface area contributed by atoms with Crippen LogP contribution in [0.3, 0.4) is 0 Å². The third-order valence-corrected chi connectivity index (χ3v) is 7.00. The molecule has 2 heterocycles. The van der Waals surface area contributed by atoms with Crippen molar-refractivity contribution in [1.82, 2.24) is 14.9 Å². The summed E-state index contributed by atoms with van der Waals surface area (Å²) in [5.74, 6) is 1.82. The van der Waals surface area contributed by atoms with Crippen molar-refractivity contribution in [2.75, 3.05) is 13.7 Å². The van der Waals surface area contributed by atoms with E-state index in [1.165, 1.54) is 6.20 Å². The van der Waals surface area contributed by atoms with E-state index < -0.39 is 0 Å². The van der Waals surface area contributed by atoms with Gasteiger partial charge in [0.25, 0.3) is 5.91 Å². The molecule has 2 saturated carbocycles. The number of amides is 1. The number of nitrogens with zero attached hydrogens (tertiary/aromatic N) is 4. The number of aromatic nitrogens is 2. The summed E-state index contributed by atoms with van der Waals surface area (Å²) in [4.78, 5) is 28.9. The summed E-state index contributed by atoms with van der Waals surface area (Å²) >= 11 is 5.90. The van der Waals surface area contributed by atoms with Crippen molar-refractivity contribution < 1.29 is 14.3 Å². The molecule has 3 aliphatic rings. The lowest BCUT2D eigenvalue weighted by Gasteiger charge is -2.47. The van der Waals surface area contributed by atoms with Crippen LogP contribution in [0.4, 0.5) is 0 Å². The Morgan fingerprint density at radius 1 is 1.30 bits per heavy atom. The van der Waals surface area contributed by atoms with E-state index in [9.17, 15) is 4.79 Å². The van der Waals surface area contributed by atoms with Crippen LogP contribution >= 0.6 is 11.6 Å². The molecule has 33 heavy (non-hydrogen) atoms. The van der Waals surface area contributed by atoms with Crippen LogP contribution < -0.4 is 4.74 Å². The Bertz CT molecular complexity index is 1160. The highest BCUT2D eigenvalue weighted by molar-refractivity contribution is 6.29. The average molecular weight is 465 g/mol. The van der Waals surface area contributed by atoms with Crippen LogP contribution in [-0.4, -0.2) is 52.5 Å². The number of carbonyl (C=O) groups excluding carboxylic acids is 1. The molecule has 4 atom stereocenters. The van der Waals surface area contributed by atoms with Gasteiger partial charge in [0.15, 0.2) is 5.82 Å². The molecule has 4 unspecified atom stereocenters. The Hall–Kier alpha value is -3.19. The van der Waals surface area contributed by atoms with Crippen LogP contribution in [0.2, 0.25) is 0 Å². The fourth-order valence-corrected chi connectivity index (χ4v) is 5.43. The van der Waals surface area contributed by atoms with E-state index in [0.717, 1.165) is 12.8 Å². The van der Waals surface area contributed by atoms with Gasteiger partial charge in [0, 0.05) is 41.1 Å². The summed E-state index contributed by atoms with van der Waals surface area (Å²) in [6.07, 6.45) is 8.32. The Morgan fingerprint density at radius 3 is 2.79 bits per heavy atom. The second kappa shape index (κ2) is 8.30. The van der Waals surface area contributed by atoms with Gasteiger partial charge in [0.1, 0.15) is 11.9 Å². The number of piperidine rings is 1. The minimum atomic E-state index is -0.145. The topological polar surface area (TPSA) is 76.9 Å². The van der Waals surface area contributed by atoms with Gasteiger partial charge in [-0.05, 0) is 43.9 Å². The molecule has 1 spiro atoms. The van der Waals surface area contributed by atoms with E-state index in [1.54, 1.807) is 44.6 Å². The zero-order valence-electron chi connectivity index (χ0n) is 18.6. The molecule has 1 aromatic carbocycles. The van der Waals surface area contributed by atoms with Crippen molar-refractivity contribution in [3.63, 3.8) is 0 Å². The molecule has 0 N–H and O–H groups in total. The molecular weight excluding hydrogens is 440 g/mol. The Labute approximate surface area is 197 Å². The van der Waals surface area contributed by atoms with Crippen LogP contribution in [0.5, 0.6) is 5.75 Å². The number of halogens is 1. The van der Waals surface area contributed by atoms with Crippen molar-refractivity contribution in [2.24, 2.45) is 16.3 Å². The summed E-state index contributed by atoms with van der Waals surface area (Å²) in [5.41, 5.74) is 1.28. The van der Waals surface area contributed by atoms with Crippen molar-refractivity contribution in [1.29, 1.82) is 0 Å². The normalized spacial score (nSPS) is 27.8. The van der Waals surface area contributed by atoms with Gasteiger partial charge in [-0.2, -0.15) is 0 Å². The molecule has 3 fully saturated rings. The Morgan fingerprint density at radius 2 is 2.09 bits per heavy atom. The van der Waals surface area contributed by atoms with Crippen LogP contribution in [-0.2, 0) is 4.74 Å². The summed E-state index contributed by atoms with van der Waals surface area (Å²) < 4.78 is 11.7. The number of allylic oxidation sites excluding steroid dienone is 1. The lowest BCUT2D eigenvalue weighted by Crippen LogP contribution is -2.58. The average Bonchev–Trinajstić information content (AvgIpc) is 3.49. The number of methoxy groups -OCH3 is 1. The third-order valence-electron chi connectivity index (χ3n) is 6.90. The minimum absolute atomic E-state index is 0.0179. The fourth-order valence-electron chi connectivity index (χ4n) is 5.38.